The lowest BCUT2D eigenvalue weighted by Gasteiger charge is -2.63. The quantitative estimate of drug-likeness (QED) is 0.0965. The Morgan fingerprint density at radius 2 is 0.718 bits per heavy atom. The molecule has 27 rings (SSSR count). The maximum Gasteiger partial charge on any atom is 0.373 e. The molecule has 47 unspecified atom stereocenters. The summed E-state index contributed by atoms with van der Waals surface area (Å²) in [6, 6.07) is 0. The Morgan fingerprint density at radius 1 is 0.382 bits per heavy atom. The standard InChI is InChI=1S/C29H44O3.C28H44O4.C28H40O4.C28H44O4.CO2/c1-16(2)18(4)8-11-27(6)22-15-20-24-28(22,25(30-20)32-27)12-9-21-26(5)10-7-17(3)13-19(26)14-23-29(21,24)31-23;2*1-15(2)16(3)6-10-26(5)21-14-19-23-27(21,24(30-19)32-26)11-8-20-25(4)9-7-18(29)12-17(25)13-22-28(20,23)31-22;1-16(2)17(3)6-11-26(5)22-15-20-23-27(22,24(31-20)32-26)12-9-21-25(4)10-8-19(29)14-18(25)7-13-28(21,23)30;2-1-3/h16-17,19-25H,4,7-15H2,1-3,5-6H3;15-24,29H,6-14H2,1-5H3;15,17,19-24H,3,6-14H2,1-2,4-5H3;16,18-24,29-30H,3,6-15H2,1-2,4-5H3;. The summed E-state index contributed by atoms with van der Waals surface area (Å²) in [6.07, 6.45) is 43.5. The number of hydrogen-bond acceptors (Lipinski definition) is 17. The predicted octanol–water partition coefficient (Wildman–Crippen LogP) is 21.9. The minimum Gasteiger partial charge on any atom is -0.393 e. The largest absolute Gasteiger partial charge is 0.393 e. The van der Waals surface area contributed by atoms with Crippen LogP contribution in [0.2, 0.25) is 0 Å². The number of fused-ring (bicyclic) bond motifs is 9. The molecule has 11 heterocycles. The molecular formula is C114H172O17. The predicted molar refractivity (Wildman–Crippen MR) is 496 cm³/mol. The van der Waals surface area contributed by atoms with Gasteiger partial charge in [0.05, 0.1) is 82.9 Å². The molecule has 11 saturated heterocycles. The molecule has 0 aromatic heterocycles. The van der Waals surface area contributed by atoms with E-state index in [1.54, 1.807) is 0 Å². The topological polar surface area (TPSA) is 223 Å². The van der Waals surface area contributed by atoms with Gasteiger partial charge in [0, 0.05) is 81.8 Å². The summed E-state index contributed by atoms with van der Waals surface area (Å²) in [6.45, 7) is 55.7. The first-order valence-corrected chi connectivity index (χ1v) is 54.9. The van der Waals surface area contributed by atoms with Crippen molar-refractivity contribution in [2.24, 2.45) is 174 Å². The molecule has 17 nitrogen and oxygen atoms in total. The van der Waals surface area contributed by atoms with Gasteiger partial charge in [-0.05, 0) is 351 Å². The van der Waals surface area contributed by atoms with E-state index in [0.717, 1.165) is 177 Å². The zero-order chi connectivity index (χ0) is 92.2. The fourth-order valence-corrected chi connectivity index (χ4v) is 41.6. The van der Waals surface area contributed by atoms with Crippen LogP contribution in [0, 0.1) is 174 Å². The first-order chi connectivity index (χ1) is 61.9. The van der Waals surface area contributed by atoms with Crippen molar-refractivity contribution in [1.29, 1.82) is 0 Å². The first-order valence-electron chi connectivity index (χ1n) is 54.9. The van der Waals surface area contributed by atoms with Crippen molar-refractivity contribution in [3.63, 3.8) is 0 Å². The molecule has 16 saturated carbocycles. The molecule has 16 aliphatic carbocycles. The van der Waals surface area contributed by atoms with Crippen LogP contribution >= 0.6 is 0 Å². The Bertz CT molecular complexity index is 4480. The molecule has 0 aromatic carbocycles. The Morgan fingerprint density at radius 3 is 1.11 bits per heavy atom. The van der Waals surface area contributed by atoms with Gasteiger partial charge in [-0.3, -0.25) is 4.79 Å². The fourth-order valence-electron chi connectivity index (χ4n) is 41.6. The minimum absolute atomic E-state index is 0.00510. The summed E-state index contributed by atoms with van der Waals surface area (Å²) in [5.74, 6) is 13.4. The third-order valence-corrected chi connectivity index (χ3v) is 49.0. The maximum absolute atomic E-state index is 12.5. The lowest BCUT2D eigenvalue weighted by atomic mass is 9.42. The van der Waals surface area contributed by atoms with E-state index in [4.69, 9.17) is 61.7 Å². The van der Waals surface area contributed by atoms with E-state index in [0.29, 0.717) is 148 Å². The number of rotatable bonds is 16. The highest BCUT2D eigenvalue weighted by molar-refractivity contribution is 5.80. The second-order valence-corrected chi connectivity index (χ2v) is 54.8. The van der Waals surface area contributed by atoms with E-state index >= 15 is 0 Å². The number of carbonyl (C=O) groups excluding carboxylic acids is 3. The Hall–Kier alpha value is -2.29. The molecule has 27 aliphatic rings. The van der Waals surface area contributed by atoms with Crippen molar-refractivity contribution >= 4 is 11.9 Å². The van der Waals surface area contributed by atoms with Gasteiger partial charge in [0.25, 0.3) is 0 Å². The lowest BCUT2D eigenvalue weighted by Crippen LogP contribution is -2.65. The molecular weight excluding hydrogens is 1640 g/mol. The summed E-state index contributed by atoms with van der Waals surface area (Å²) in [5.41, 5.74) is 4.83. The van der Waals surface area contributed by atoms with Gasteiger partial charge in [-0.1, -0.05) is 140 Å². The lowest BCUT2D eigenvalue weighted by molar-refractivity contribution is -0.225. The van der Waals surface area contributed by atoms with Crippen molar-refractivity contribution in [1.82, 2.24) is 0 Å². The smallest absolute Gasteiger partial charge is 0.373 e. The van der Waals surface area contributed by atoms with Gasteiger partial charge < -0.3 is 67.4 Å². The molecule has 131 heavy (non-hydrogen) atoms. The number of ether oxygens (including phenoxy) is 11. The van der Waals surface area contributed by atoms with Gasteiger partial charge in [-0.15, -0.1) is 0 Å². The third kappa shape index (κ3) is 12.2. The number of aliphatic hydroxyl groups is 3. The average Bonchev–Trinajstić information content (AvgIpc) is 1.46. The van der Waals surface area contributed by atoms with E-state index in [9.17, 15) is 20.1 Å². The van der Waals surface area contributed by atoms with Gasteiger partial charge in [0.2, 0.25) is 0 Å². The number of hydrogen-bond donors (Lipinski definition) is 3. The minimum atomic E-state index is -0.643. The van der Waals surface area contributed by atoms with Crippen LogP contribution in [-0.2, 0) is 66.5 Å². The molecule has 0 aromatic rings. The van der Waals surface area contributed by atoms with Crippen LogP contribution in [0.1, 0.15) is 362 Å². The number of Topliss-reactive ketones (excluding diaryl/α,β-unsaturated/α-hetero) is 1. The van der Waals surface area contributed by atoms with E-state index in [2.05, 4.69) is 144 Å². The molecule has 27 fully saturated rings. The fraction of sp³-hybridized carbons (Fsp3) is 0.930. The molecule has 17 heteroatoms. The van der Waals surface area contributed by atoms with Crippen LogP contribution in [0.5, 0.6) is 0 Å². The van der Waals surface area contributed by atoms with Crippen molar-refractivity contribution in [2.75, 3.05) is 0 Å². The van der Waals surface area contributed by atoms with Gasteiger partial charge >= 0.3 is 6.15 Å². The molecule has 47 atom stereocenters. The Balaban J connectivity index is 0.0000000982. The van der Waals surface area contributed by atoms with E-state index in [1.165, 1.54) is 107 Å². The molecule has 7 spiro atoms. The molecule has 8 bridgehead atoms. The average molecular weight is 1810 g/mol. The summed E-state index contributed by atoms with van der Waals surface area (Å²) >= 11 is 0. The van der Waals surface area contributed by atoms with Crippen molar-refractivity contribution in [2.45, 2.75) is 487 Å². The normalized spacial score (nSPS) is 58.8. The monoisotopic (exact) mass is 1810 g/mol. The van der Waals surface area contributed by atoms with Crippen molar-refractivity contribution in [3.05, 3.63) is 36.5 Å². The first kappa shape index (κ1) is 92.4. The van der Waals surface area contributed by atoms with Gasteiger partial charge in [0.15, 0.2) is 25.2 Å². The van der Waals surface area contributed by atoms with Gasteiger partial charge in [-0.2, -0.15) is 9.59 Å². The highest BCUT2D eigenvalue weighted by atomic mass is 16.7. The van der Waals surface area contributed by atoms with E-state index in [-0.39, 0.29) is 127 Å². The zero-order valence-electron chi connectivity index (χ0n) is 84.0. The second kappa shape index (κ2) is 30.4. The van der Waals surface area contributed by atoms with Crippen molar-refractivity contribution < 1.29 is 81.8 Å². The molecule has 3 N–H and O–H groups in total. The Kier molecular flexibility index (Phi) is 21.4. The summed E-state index contributed by atoms with van der Waals surface area (Å²) in [7, 11) is 0. The third-order valence-electron chi connectivity index (χ3n) is 49.0. The van der Waals surface area contributed by atoms with Crippen LogP contribution in [0.15, 0.2) is 36.5 Å². The summed E-state index contributed by atoms with van der Waals surface area (Å²) < 4.78 is 74.7. The number of allylic oxidation sites excluding steroid dienone is 3. The number of epoxide rings is 3. The van der Waals surface area contributed by atoms with Crippen LogP contribution in [0.4, 0.5) is 0 Å². The van der Waals surface area contributed by atoms with Crippen LogP contribution in [-0.4, -0.2) is 152 Å². The number of ketones is 1. The Labute approximate surface area is 786 Å². The molecule has 730 valence electrons. The second-order valence-electron chi connectivity index (χ2n) is 54.8. The maximum atomic E-state index is 12.5. The van der Waals surface area contributed by atoms with Crippen LogP contribution in [0.3, 0.4) is 0 Å². The number of aliphatic hydroxyl groups excluding tert-OH is 2. The molecule has 11 aliphatic heterocycles. The summed E-state index contributed by atoms with van der Waals surface area (Å²) in [4.78, 5) is 28.5. The number of carbonyl (C=O) groups is 1. The van der Waals surface area contributed by atoms with E-state index < -0.39 is 5.60 Å². The highest BCUT2D eigenvalue weighted by Gasteiger charge is 2.92. The van der Waals surface area contributed by atoms with Crippen LogP contribution < -0.4 is 0 Å². The van der Waals surface area contributed by atoms with Crippen LogP contribution in [0.25, 0.3) is 0 Å². The zero-order valence-corrected chi connectivity index (χ0v) is 84.0. The van der Waals surface area contributed by atoms with Gasteiger partial charge in [-0.25, -0.2) is 0 Å². The van der Waals surface area contributed by atoms with Gasteiger partial charge in [0.1, 0.15) is 22.6 Å². The SMILES string of the molecule is C=C(CCC1(C)OC2OC3CC1C21CCC2C4(C)CCC(=O)CC4CC4OC42C31)C(C)C.C=C(CCC1(C)OC2OC3CC1C21CCC2C4(C)CCC(C)CC4CC4OC42C31)C(C)C.C=C(CCC1(C)OC2OC3CC1C21CCC2C4(C)CCC(O)CC4CCC2(O)C31)C(C)C.CC(C)C(C)CCC1(C)OC2OC3CC1C21CCC2C4(C)CCC(O)CC4CC4OC42C31.O=C=O. The van der Waals surface area contributed by atoms with Crippen molar-refractivity contribution in [3.8, 4) is 0 Å². The summed E-state index contributed by atoms with van der Waals surface area (Å²) in [5, 5.41) is 33.2. The molecule has 0 radical (unpaired) electrons. The highest BCUT2D eigenvalue weighted by Crippen LogP contribution is 2.87. The molecule has 0 amide bonds. The van der Waals surface area contributed by atoms with E-state index in [1.807, 2.05) is 0 Å².